The summed E-state index contributed by atoms with van der Waals surface area (Å²) in [6.45, 7) is 1.81. The zero-order valence-electron chi connectivity index (χ0n) is 9.60. The Bertz CT molecular complexity index is 604. The van der Waals surface area contributed by atoms with Gasteiger partial charge in [0.05, 0.1) is 5.69 Å². The monoisotopic (exact) mass is 245 g/mol. The van der Waals surface area contributed by atoms with Crippen molar-refractivity contribution in [1.82, 2.24) is 10.2 Å². The lowest BCUT2D eigenvalue weighted by atomic mass is 10.1. The van der Waals surface area contributed by atoms with E-state index in [4.69, 9.17) is 5.11 Å². The number of nitrogens with one attached hydrogen (secondary N) is 2. The van der Waals surface area contributed by atoms with Crippen molar-refractivity contribution in [3.05, 3.63) is 47.3 Å². The molecule has 1 amide bonds. The van der Waals surface area contributed by atoms with Gasteiger partial charge in [0, 0.05) is 11.8 Å². The molecule has 6 nitrogen and oxygen atoms in total. The number of H-pyrrole nitrogens is 1. The van der Waals surface area contributed by atoms with Crippen LogP contribution >= 0.6 is 0 Å². The van der Waals surface area contributed by atoms with Crippen molar-refractivity contribution in [2.24, 2.45) is 0 Å². The zero-order valence-corrected chi connectivity index (χ0v) is 9.60. The van der Waals surface area contributed by atoms with Crippen LogP contribution in [-0.2, 0) is 0 Å². The fourth-order valence-corrected chi connectivity index (χ4v) is 1.57. The average molecular weight is 245 g/mol. The molecule has 3 N–H and O–H groups in total. The summed E-state index contributed by atoms with van der Waals surface area (Å²) in [5, 5.41) is 17.3. The number of aromatic carboxylic acids is 1. The fourth-order valence-electron chi connectivity index (χ4n) is 1.57. The number of anilines is 1. The van der Waals surface area contributed by atoms with Crippen LogP contribution in [0.4, 0.5) is 5.69 Å². The van der Waals surface area contributed by atoms with Gasteiger partial charge in [-0.15, -0.1) is 0 Å². The molecule has 2 rings (SSSR count). The van der Waals surface area contributed by atoms with Crippen LogP contribution in [0, 0.1) is 6.92 Å². The van der Waals surface area contributed by atoms with Crippen LogP contribution in [0.25, 0.3) is 0 Å². The quantitative estimate of drug-likeness (QED) is 0.766. The molecule has 92 valence electrons. The number of aryl methyl sites for hydroxylation is 1. The molecule has 0 saturated carbocycles. The Hall–Kier alpha value is -2.63. The molecule has 0 saturated heterocycles. The first-order valence-electron chi connectivity index (χ1n) is 5.23. The summed E-state index contributed by atoms with van der Waals surface area (Å²) >= 11 is 0. The number of aromatic amines is 1. The Morgan fingerprint density at radius 3 is 2.72 bits per heavy atom. The topological polar surface area (TPSA) is 95.1 Å². The number of amides is 1. The molecule has 1 heterocycles. The molecule has 0 radical (unpaired) electrons. The van der Waals surface area contributed by atoms with E-state index in [1.807, 2.05) is 19.1 Å². The molecular weight excluding hydrogens is 234 g/mol. The molecule has 0 fully saturated rings. The smallest absolute Gasteiger partial charge is 0.358 e. The Labute approximate surface area is 103 Å². The first kappa shape index (κ1) is 11.8. The standard InChI is InChI=1S/C12H11N3O3/c1-7-4-2-3-5-8(7)11(16)14-9-6-13-15-10(9)12(17)18/h2-6H,1H3,(H,13,15)(H,14,16)(H,17,18). The molecule has 1 aromatic carbocycles. The van der Waals surface area contributed by atoms with Gasteiger partial charge in [0.1, 0.15) is 0 Å². The van der Waals surface area contributed by atoms with Crippen LogP contribution in [0.1, 0.15) is 26.4 Å². The Morgan fingerprint density at radius 1 is 1.33 bits per heavy atom. The molecule has 0 unspecified atom stereocenters. The second-order valence-corrected chi connectivity index (χ2v) is 3.72. The van der Waals surface area contributed by atoms with Crippen molar-refractivity contribution in [1.29, 1.82) is 0 Å². The number of rotatable bonds is 3. The SMILES string of the molecule is Cc1ccccc1C(=O)Nc1c[nH]nc1C(=O)O. The summed E-state index contributed by atoms with van der Waals surface area (Å²) in [6.07, 6.45) is 1.33. The molecule has 0 spiro atoms. The van der Waals surface area contributed by atoms with Crippen LogP contribution in [-0.4, -0.2) is 27.2 Å². The van der Waals surface area contributed by atoms with Crippen molar-refractivity contribution in [3.8, 4) is 0 Å². The van der Waals surface area contributed by atoms with Gasteiger partial charge in [-0.1, -0.05) is 18.2 Å². The maximum absolute atomic E-state index is 12.0. The highest BCUT2D eigenvalue weighted by Gasteiger charge is 2.16. The first-order valence-corrected chi connectivity index (χ1v) is 5.23. The first-order chi connectivity index (χ1) is 8.59. The Morgan fingerprint density at radius 2 is 2.06 bits per heavy atom. The predicted octanol–water partition coefficient (Wildman–Crippen LogP) is 1.67. The molecule has 6 heteroatoms. The van der Waals surface area contributed by atoms with E-state index in [9.17, 15) is 9.59 Å². The van der Waals surface area contributed by atoms with Gasteiger partial charge in [-0.2, -0.15) is 5.10 Å². The van der Waals surface area contributed by atoms with Crippen molar-refractivity contribution >= 4 is 17.6 Å². The summed E-state index contributed by atoms with van der Waals surface area (Å²) in [5.41, 5.74) is 1.25. The molecule has 2 aromatic rings. The molecule has 1 aromatic heterocycles. The lowest BCUT2D eigenvalue weighted by Gasteiger charge is -2.06. The number of benzene rings is 1. The molecule has 18 heavy (non-hydrogen) atoms. The Balaban J connectivity index is 2.25. The maximum atomic E-state index is 12.0. The fraction of sp³-hybridized carbons (Fsp3) is 0.0833. The molecular formula is C12H11N3O3. The minimum Gasteiger partial charge on any atom is -0.476 e. The van der Waals surface area contributed by atoms with E-state index in [0.717, 1.165) is 5.56 Å². The van der Waals surface area contributed by atoms with E-state index in [2.05, 4.69) is 15.5 Å². The molecule has 0 atom stereocenters. The Kier molecular flexibility index (Phi) is 3.09. The molecule has 0 bridgehead atoms. The minimum atomic E-state index is -1.20. The van der Waals surface area contributed by atoms with Crippen LogP contribution < -0.4 is 5.32 Å². The van der Waals surface area contributed by atoms with Crippen LogP contribution in [0.15, 0.2) is 30.5 Å². The third-order valence-corrected chi connectivity index (χ3v) is 2.48. The highest BCUT2D eigenvalue weighted by molar-refractivity contribution is 6.07. The lowest BCUT2D eigenvalue weighted by Crippen LogP contribution is -2.15. The average Bonchev–Trinajstić information content (AvgIpc) is 2.77. The number of aromatic nitrogens is 2. The number of nitrogens with zero attached hydrogens (tertiary/aromatic N) is 1. The van der Waals surface area contributed by atoms with Crippen LogP contribution in [0.5, 0.6) is 0 Å². The van der Waals surface area contributed by atoms with E-state index >= 15 is 0 Å². The van der Waals surface area contributed by atoms with E-state index in [0.29, 0.717) is 5.56 Å². The molecule has 0 aliphatic heterocycles. The van der Waals surface area contributed by atoms with Crippen LogP contribution in [0.3, 0.4) is 0 Å². The van der Waals surface area contributed by atoms with Gasteiger partial charge >= 0.3 is 5.97 Å². The summed E-state index contributed by atoms with van der Waals surface area (Å²) in [6, 6.07) is 7.05. The molecule has 0 aliphatic rings. The highest BCUT2D eigenvalue weighted by atomic mass is 16.4. The van der Waals surface area contributed by atoms with E-state index in [1.165, 1.54) is 6.20 Å². The largest absolute Gasteiger partial charge is 0.476 e. The second-order valence-electron chi connectivity index (χ2n) is 3.72. The zero-order chi connectivity index (χ0) is 13.1. The summed E-state index contributed by atoms with van der Waals surface area (Å²) in [7, 11) is 0. The third-order valence-electron chi connectivity index (χ3n) is 2.48. The number of carbonyl (C=O) groups excluding carboxylic acids is 1. The van der Waals surface area contributed by atoms with E-state index < -0.39 is 5.97 Å². The van der Waals surface area contributed by atoms with Gasteiger partial charge in [0.25, 0.3) is 5.91 Å². The van der Waals surface area contributed by atoms with Gasteiger partial charge in [0.2, 0.25) is 0 Å². The maximum Gasteiger partial charge on any atom is 0.358 e. The number of hydrogen-bond acceptors (Lipinski definition) is 3. The summed E-state index contributed by atoms with van der Waals surface area (Å²) in [5.74, 6) is -1.56. The highest BCUT2D eigenvalue weighted by Crippen LogP contribution is 2.14. The van der Waals surface area contributed by atoms with Gasteiger partial charge < -0.3 is 10.4 Å². The summed E-state index contributed by atoms with van der Waals surface area (Å²) < 4.78 is 0. The normalized spacial score (nSPS) is 10.1. The van der Waals surface area contributed by atoms with E-state index in [1.54, 1.807) is 12.1 Å². The van der Waals surface area contributed by atoms with Gasteiger partial charge in [0.15, 0.2) is 5.69 Å². The van der Waals surface area contributed by atoms with Gasteiger partial charge in [-0.25, -0.2) is 4.79 Å². The van der Waals surface area contributed by atoms with Crippen LogP contribution in [0.2, 0.25) is 0 Å². The molecule has 0 aliphatic carbocycles. The number of carboxylic acids is 1. The number of carboxylic acid groups (broad SMARTS) is 1. The van der Waals surface area contributed by atoms with Gasteiger partial charge in [-0.3, -0.25) is 9.89 Å². The van der Waals surface area contributed by atoms with E-state index in [-0.39, 0.29) is 17.3 Å². The van der Waals surface area contributed by atoms with Gasteiger partial charge in [-0.05, 0) is 18.6 Å². The number of hydrogen-bond donors (Lipinski definition) is 3. The summed E-state index contributed by atoms with van der Waals surface area (Å²) in [4.78, 5) is 22.8. The predicted molar refractivity (Wildman–Crippen MR) is 64.7 cm³/mol. The van der Waals surface area contributed by atoms with Crippen molar-refractivity contribution in [2.75, 3.05) is 5.32 Å². The van der Waals surface area contributed by atoms with Crippen molar-refractivity contribution < 1.29 is 14.7 Å². The van der Waals surface area contributed by atoms with Crippen molar-refractivity contribution in [2.45, 2.75) is 6.92 Å². The lowest BCUT2D eigenvalue weighted by molar-refractivity contribution is 0.0691. The minimum absolute atomic E-state index is 0.149. The second kappa shape index (κ2) is 4.70. The third kappa shape index (κ3) is 2.22. The number of carbonyl (C=O) groups is 2. The van der Waals surface area contributed by atoms with Crippen molar-refractivity contribution in [3.63, 3.8) is 0 Å².